The monoisotopic (exact) mass is 612 g/mol. The van der Waals surface area contributed by atoms with Crippen LogP contribution in [0.2, 0.25) is 5.02 Å². The summed E-state index contributed by atoms with van der Waals surface area (Å²) in [5, 5.41) is 4.28. The van der Waals surface area contributed by atoms with Gasteiger partial charge in [-0.25, -0.2) is 4.39 Å². The molecule has 9 heteroatoms. The first-order valence-electron chi connectivity index (χ1n) is 13.7. The summed E-state index contributed by atoms with van der Waals surface area (Å²) in [7, 11) is 2.49. The van der Waals surface area contributed by atoms with Crippen LogP contribution in [0.25, 0.3) is 21.2 Å². The van der Waals surface area contributed by atoms with Crippen molar-refractivity contribution in [2.45, 2.75) is 56.1 Å². The lowest BCUT2D eigenvalue weighted by molar-refractivity contribution is 0.0604. The van der Waals surface area contributed by atoms with E-state index in [0.717, 1.165) is 64.2 Å². The van der Waals surface area contributed by atoms with Crippen molar-refractivity contribution >= 4 is 49.7 Å². The molecule has 3 aromatic carbocycles. The molecule has 0 radical (unpaired) electrons. The second-order valence-corrected chi connectivity index (χ2v) is 13.3. The van der Waals surface area contributed by atoms with Crippen molar-refractivity contribution in [3.8, 4) is 16.9 Å². The summed E-state index contributed by atoms with van der Waals surface area (Å²) in [6, 6.07) is 17.1. The predicted octanol–water partition coefficient (Wildman–Crippen LogP) is 7.59. The van der Waals surface area contributed by atoms with Gasteiger partial charge in [0.2, 0.25) is 0 Å². The average Bonchev–Trinajstić information content (AvgIpc) is 3.35. The Bertz CT molecular complexity index is 1610. The Morgan fingerprint density at radius 3 is 2.51 bits per heavy atom. The fourth-order valence-electron chi connectivity index (χ4n) is 5.72. The molecule has 1 atom stereocenters. The lowest BCUT2D eigenvalue weighted by Gasteiger charge is -2.37. The van der Waals surface area contributed by atoms with Gasteiger partial charge in [0.15, 0.2) is 0 Å². The van der Waals surface area contributed by atoms with Crippen LogP contribution in [-0.4, -0.2) is 47.5 Å². The maximum Gasteiger partial charge on any atom is 0.266 e. The van der Waals surface area contributed by atoms with Gasteiger partial charge in [-0.2, -0.15) is 0 Å². The first-order chi connectivity index (χ1) is 19.7. The van der Waals surface area contributed by atoms with Crippen molar-refractivity contribution < 1.29 is 18.1 Å². The van der Waals surface area contributed by atoms with Crippen molar-refractivity contribution in [2.75, 3.05) is 20.4 Å². The van der Waals surface area contributed by atoms with Gasteiger partial charge < -0.3 is 15.0 Å². The SMILES string of the molecule is CNC1CCC(N(Cc2cc(-c3cccc(S(C)=O)c3)ccc2OC)C(=O)c2sc3c(F)ccc(C)c3c2Cl)CC1. The van der Waals surface area contributed by atoms with E-state index >= 15 is 0 Å². The molecule has 5 nitrogen and oxygen atoms in total. The molecule has 1 aromatic heterocycles. The number of rotatable bonds is 8. The van der Waals surface area contributed by atoms with Gasteiger partial charge >= 0.3 is 0 Å². The highest BCUT2D eigenvalue weighted by molar-refractivity contribution is 7.84. The number of hydrogen-bond donors (Lipinski definition) is 1. The van der Waals surface area contributed by atoms with Gasteiger partial charge in [-0.15, -0.1) is 11.3 Å². The number of carbonyl (C=O) groups excluding carboxylic acids is 1. The van der Waals surface area contributed by atoms with Crippen molar-refractivity contribution in [3.63, 3.8) is 0 Å². The summed E-state index contributed by atoms with van der Waals surface area (Å²) in [6.45, 7) is 2.20. The van der Waals surface area contributed by atoms with E-state index in [1.54, 1.807) is 19.4 Å². The Morgan fingerprint density at radius 2 is 1.85 bits per heavy atom. The van der Waals surface area contributed by atoms with Crippen molar-refractivity contribution in [1.82, 2.24) is 10.2 Å². The minimum absolute atomic E-state index is 0.00136. The van der Waals surface area contributed by atoms with Crippen LogP contribution in [0.15, 0.2) is 59.5 Å². The third-order valence-electron chi connectivity index (χ3n) is 8.06. The zero-order valence-corrected chi connectivity index (χ0v) is 26.0. The molecular weight excluding hydrogens is 579 g/mol. The number of fused-ring (bicyclic) bond motifs is 1. The molecule has 5 rings (SSSR count). The molecule has 1 N–H and O–H groups in total. The summed E-state index contributed by atoms with van der Waals surface area (Å²) >= 11 is 7.93. The number of halogens is 2. The Balaban J connectivity index is 1.56. The summed E-state index contributed by atoms with van der Waals surface area (Å²) in [6.07, 6.45) is 5.27. The number of amides is 1. The molecule has 216 valence electrons. The lowest BCUT2D eigenvalue weighted by atomic mass is 9.89. The van der Waals surface area contributed by atoms with Crippen LogP contribution in [-0.2, 0) is 17.3 Å². The normalized spacial score (nSPS) is 17.9. The van der Waals surface area contributed by atoms with E-state index in [4.69, 9.17) is 16.3 Å². The number of thiophene rings is 1. The van der Waals surface area contributed by atoms with Gasteiger partial charge in [0, 0.05) is 51.5 Å². The number of nitrogens with zero attached hydrogens (tertiary/aromatic N) is 1. The van der Waals surface area contributed by atoms with E-state index in [2.05, 4.69) is 5.32 Å². The van der Waals surface area contributed by atoms with Gasteiger partial charge in [0.1, 0.15) is 16.4 Å². The molecule has 0 bridgehead atoms. The van der Waals surface area contributed by atoms with E-state index < -0.39 is 10.8 Å². The van der Waals surface area contributed by atoms with Crippen LogP contribution in [0, 0.1) is 12.7 Å². The third-order valence-corrected chi connectivity index (χ3v) is 10.7. The van der Waals surface area contributed by atoms with Gasteiger partial charge in [-0.05, 0) is 86.7 Å². The average molecular weight is 613 g/mol. The topological polar surface area (TPSA) is 58.6 Å². The highest BCUT2D eigenvalue weighted by atomic mass is 35.5. The maximum absolute atomic E-state index is 14.8. The molecule has 0 spiro atoms. The standard InChI is InChI=1S/C32H34ClFN2O3S2/c1-19-8-14-26(34)30-28(19)29(33)31(40-30)32(37)36(24-12-10-23(35-2)11-13-24)18-22-16-21(9-15-27(22)39-3)20-6-5-7-25(17-20)41(4)38/h5-9,14-17,23-24,35H,10-13,18H2,1-4H3. The fourth-order valence-corrected chi connectivity index (χ4v) is 7.91. The summed E-state index contributed by atoms with van der Waals surface area (Å²) in [5.41, 5.74) is 3.58. The molecule has 1 aliphatic carbocycles. The highest BCUT2D eigenvalue weighted by Crippen LogP contribution is 2.41. The second kappa shape index (κ2) is 12.6. The zero-order valence-electron chi connectivity index (χ0n) is 23.6. The molecule has 1 amide bonds. The molecule has 1 saturated carbocycles. The van der Waals surface area contributed by atoms with Crippen molar-refractivity contribution in [3.05, 3.63) is 81.4 Å². The first-order valence-corrected chi connectivity index (χ1v) is 16.4. The minimum Gasteiger partial charge on any atom is -0.496 e. The second-order valence-electron chi connectivity index (χ2n) is 10.5. The van der Waals surface area contributed by atoms with Crippen LogP contribution in [0.4, 0.5) is 4.39 Å². The van der Waals surface area contributed by atoms with E-state index in [1.807, 2.05) is 61.3 Å². The maximum atomic E-state index is 14.8. The van der Waals surface area contributed by atoms with Gasteiger partial charge in [0.05, 0.1) is 16.8 Å². The van der Waals surface area contributed by atoms with Crippen molar-refractivity contribution in [2.24, 2.45) is 0 Å². The fraction of sp³-hybridized carbons (Fsp3) is 0.344. The Labute approximate surface area is 252 Å². The molecule has 1 fully saturated rings. The molecule has 1 aliphatic rings. The molecule has 0 aliphatic heterocycles. The van der Waals surface area contributed by atoms with Gasteiger partial charge in [-0.1, -0.05) is 35.9 Å². The lowest BCUT2D eigenvalue weighted by Crippen LogP contribution is -2.44. The van der Waals surface area contributed by atoms with Crippen LogP contribution in [0.3, 0.4) is 0 Å². The highest BCUT2D eigenvalue weighted by Gasteiger charge is 2.32. The molecule has 4 aromatic rings. The van der Waals surface area contributed by atoms with E-state index in [0.29, 0.717) is 38.3 Å². The number of hydrogen-bond acceptors (Lipinski definition) is 5. The van der Waals surface area contributed by atoms with Crippen molar-refractivity contribution in [1.29, 1.82) is 0 Å². The molecule has 1 unspecified atom stereocenters. The van der Waals surface area contributed by atoms with Gasteiger partial charge in [0.25, 0.3) is 5.91 Å². The molecule has 0 saturated heterocycles. The summed E-state index contributed by atoms with van der Waals surface area (Å²) in [4.78, 5) is 17.3. The van der Waals surface area contributed by atoms with Crippen LogP contribution in [0.1, 0.15) is 46.5 Å². The molecular formula is C32H34ClFN2O3S2. The summed E-state index contributed by atoms with van der Waals surface area (Å²) in [5.74, 6) is 0.107. The number of carbonyl (C=O) groups is 1. The Morgan fingerprint density at radius 1 is 1.12 bits per heavy atom. The van der Waals surface area contributed by atoms with E-state index in [1.165, 1.54) is 6.07 Å². The molecule has 1 heterocycles. The van der Waals surface area contributed by atoms with E-state index in [-0.39, 0.29) is 17.8 Å². The number of nitrogens with one attached hydrogen (secondary N) is 1. The quantitative estimate of drug-likeness (QED) is 0.223. The van der Waals surface area contributed by atoms with Crippen LogP contribution in [0.5, 0.6) is 5.75 Å². The van der Waals surface area contributed by atoms with Crippen LogP contribution >= 0.6 is 22.9 Å². The smallest absolute Gasteiger partial charge is 0.266 e. The number of methoxy groups -OCH3 is 1. The number of benzene rings is 3. The minimum atomic E-state index is -1.10. The predicted molar refractivity (Wildman–Crippen MR) is 167 cm³/mol. The number of aryl methyl sites for hydroxylation is 1. The first kappa shape index (κ1) is 29.7. The Hall–Kier alpha value is -2.78. The summed E-state index contributed by atoms with van der Waals surface area (Å²) < 4.78 is 33.0. The van der Waals surface area contributed by atoms with E-state index in [9.17, 15) is 13.4 Å². The largest absolute Gasteiger partial charge is 0.496 e. The molecule has 41 heavy (non-hydrogen) atoms. The van der Waals surface area contributed by atoms with Crippen LogP contribution < -0.4 is 10.1 Å². The third kappa shape index (κ3) is 6.07. The Kier molecular flexibility index (Phi) is 9.14. The van der Waals surface area contributed by atoms with Gasteiger partial charge in [-0.3, -0.25) is 9.00 Å². The zero-order chi connectivity index (χ0) is 29.3. The number of ether oxygens (including phenoxy) is 1.